The predicted octanol–water partition coefficient (Wildman–Crippen LogP) is 2.62. The van der Waals surface area contributed by atoms with Crippen LogP contribution in [-0.2, 0) is 0 Å². The van der Waals surface area contributed by atoms with Crippen molar-refractivity contribution in [2.45, 2.75) is 0 Å². The van der Waals surface area contributed by atoms with E-state index in [1.807, 2.05) is 35.0 Å². The lowest BCUT2D eigenvalue weighted by Gasteiger charge is -2.01. The van der Waals surface area contributed by atoms with Crippen LogP contribution < -0.4 is 0 Å². The molecular weight excluding hydrogens is 176 g/mol. The number of nitrogens with zero attached hydrogens (tertiary/aromatic N) is 2. The zero-order valence-electron chi connectivity index (χ0n) is 7.42. The van der Waals surface area contributed by atoms with Gasteiger partial charge in [-0.3, -0.25) is 0 Å². The van der Waals surface area contributed by atoms with Gasteiger partial charge in [0.05, 0.1) is 18.3 Å². The van der Waals surface area contributed by atoms with E-state index in [-0.39, 0.29) is 0 Å². The second kappa shape index (κ2) is 2.73. The fraction of sp³-hybridized carbons (Fsp3) is 0. The minimum Gasteiger partial charge on any atom is -0.464 e. The first kappa shape index (κ1) is 7.38. The van der Waals surface area contributed by atoms with Crippen molar-refractivity contribution in [1.82, 2.24) is 9.55 Å². The van der Waals surface area contributed by atoms with Gasteiger partial charge in [-0.1, -0.05) is 6.07 Å². The molecule has 0 saturated carbocycles. The highest BCUT2D eigenvalue weighted by atomic mass is 16.3. The van der Waals surface area contributed by atoms with Crippen LogP contribution in [-0.4, -0.2) is 9.55 Å². The van der Waals surface area contributed by atoms with Gasteiger partial charge in [-0.05, 0) is 18.2 Å². The Balaban J connectivity index is 2.36. The minimum absolute atomic E-state index is 0.899. The second-order valence-corrected chi connectivity index (χ2v) is 3.08. The van der Waals surface area contributed by atoms with E-state index in [9.17, 15) is 0 Å². The van der Waals surface area contributed by atoms with Gasteiger partial charge in [0.1, 0.15) is 5.58 Å². The first-order valence-electron chi connectivity index (χ1n) is 4.40. The molecule has 2 heterocycles. The van der Waals surface area contributed by atoms with E-state index in [1.54, 1.807) is 18.8 Å². The van der Waals surface area contributed by atoms with Crippen LogP contribution in [0.1, 0.15) is 0 Å². The molecular formula is C11H8N2O. The number of fused-ring (bicyclic) bond motifs is 1. The molecule has 0 aliphatic heterocycles. The van der Waals surface area contributed by atoms with Crippen molar-refractivity contribution >= 4 is 11.0 Å². The van der Waals surface area contributed by atoms with E-state index < -0.39 is 0 Å². The standard InChI is InChI=1S/C11H8N2O/c1-2-10(13-6-5-12-8-13)9-4-7-14-11(9)3-1/h1-8H. The molecule has 0 unspecified atom stereocenters. The van der Waals surface area contributed by atoms with Gasteiger partial charge in [-0.2, -0.15) is 0 Å². The molecule has 0 amide bonds. The smallest absolute Gasteiger partial charge is 0.135 e. The Labute approximate surface area is 80.6 Å². The van der Waals surface area contributed by atoms with Crippen LogP contribution >= 0.6 is 0 Å². The molecule has 2 aromatic heterocycles. The Kier molecular flexibility index (Phi) is 1.44. The van der Waals surface area contributed by atoms with Crippen molar-refractivity contribution < 1.29 is 4.42 Å². The van der Waals surface area contributed by atoms with E-state index >= 15 is 0 Å². The molecule has 1 aromatic carbocycles. The third-order valence-electron chi connectivity index (χ3n) is 2.26. The van der Waals surface area contributed by atoms with Gasteiger partial charge in [0.25, 0.3) is 0 Å². The molecule has 0 saturated heterocycles. The molecule has 0 fully saturated rings. The van der Waals surface area contributed by atoms with Crippen LogP contribution in [0.15, 0.2) is 53.7 Å². The molecule has 0 spiro atoms. The Morgan fingerprint density at radius 1 is 1.21 bits per heavy atom. The maximum Gasteiger partial charge on any atom is 0.135 e. The summed E-state index contributed by atoms with van der Waals surface area (Å²) in [6.07, 6.45) is 7.16. The zero-order valence-corrected chi connectivity index (χ0v) is 7.42. The highest BCUT2D eigenvalue weighted by molar-refractivity contribution is 5.86. The number of aromatic nitrogens is 2. The van der Waals surface area contributed by atoms with Gasteiger partial charge in [0, 0.05) is 17.8 Å². The summed E-state index contributed by atoms with van der Waals surface area (Å²) in [5.41, 5.74) is 1.99. The Morgan fingerprint density at radius 3 is 3.07 bits per heavy atom. The average molecular weight is 184 g/mol. The third-order valence-corrected chi connectivity index (χ3v) is 2.26. The van der Waals surface area contributed by atoms with Crippen molar-refractivity contribution in [2.24, 2.45) is 0 Å². The van der Waals surface area contributed by atoms with Crippen LogP contribution in [0.2, 0.25) is 0 Å². The molecule has 0 aliphatic rings. The number of hydrogen-bond donors (Lipinski definition) is 0. The van der Waals surface area contributed by atoms with Crippen molar-refractivity contribution in [3.63, 3.8) is 0 Å². The van der Waals surface area contributed by atoms with E-state index in [2.05, 4.69) is 4.98 Å². The molecule has 0 atom stereocenters. The summed E-state index contributed by atoms with van der Waals surface area (Å²) >= 11 is 0. The molecule has 3 aromatic rings. The molecule has 0 N–H and O–H groups in total. The summed E-state index contributed by atoms with van der Waals surface area (Å²) in [5, 5.41) is 1.10. The van der Waals surface area contributed by atoms with Gasteiger partial charge in [-0.25, -0.2) is 4.98 Å². The second-order valence-electron chi connectivity index (χ2n) is 3.08. The van der Waals surface area contributed by atoms with Crippen LogP contribution in [0.5, 0.6) is 0 Å². The quantitative estimate of drug-likeness (QED) is 0.582. The van der Waals surface area contributed by atoms with Crippen molar-refractivity contribution in [1.29, 1.82) is 0 Å². The lowest BCUT2D eigenvalue weighted by Crippen LogP contribution is -1.89. The molecule has 68 valence electrons. The summed E-state index contributed by atoms with van der Waals surface area (Å²) in [4.78, 5) is 4.02. The first-order chi connectivity index (χ1) is 6.95. The Morgan fingerprint density at radius 2 is 2.21 bits per heavy atom. The average Bonchev–Trinajstić information content (AvgIpc) is 2.88. The van der Waals surface area contributed by atoms with Gasteiger partial charge in [-0.15, -0.1) is 0 Å². The Hall–Kier alpha value is -2.03. The van der Waals surface area contributed by atoms with Gasteiger partial charge >= 0.3 is 0 Å². The van der Waals surface area contributed by atoms with Crippen LogP contribution in [0.4, 0.5) is 0 Å². The number of furan rings is 1. The molecule has 14 heavy (non-hydrogen) atoms. The SMILES string of the molecule is c1cc(-n2ccnc2)c2ccoc2c1. The fourth-order valence-electron chi connectivity index (χ4n) is 1.60. The van der Waals surface area contributed by atoms with Crippen molar-refractivity contribution in [3.8, 4) is 5.69 Å². The van der Waals surface area contributed by atoms with Crippen LogP contribution in [0.25, 0.3) is 16.7 Å². The van der Waals surface area contributed by atoms with Crippen molar-refractivity contribution in [2.75, 3.05) is 0 Å². The van der Waals surface area contributed by atoms with Gasteiger partial charge < -0.3 is 8.98 Å². The molecule has 3 heteroatoms. The lowest BCUT2D eigenvalue weighted by atomic mass is 10.2. The normalized spacial score (nSPS) is 10.9. The number of hydrogen-bond acceptors (Lipinski definition) is 2. The van der Waals surface area contributed by atoms with E-state index in [4.69, 9.17) is 4.42 Å². The van der Waals surface area contributed by atoms with E-state index in [1.165, 1.54) is 0 Å². The monoisotopic (exact) mass is 184 g/mol. The highest BCUT2D eigenvalue weighted by Crippen LogP contribution is 2.22. The summed E-state index contributed by atoms with van der Waals surface area (Å²) in [5.74, 6) is 0. The van der Waals surface area contributed by atoms with Crippen LogP contribution in [0.3, 0.4) is 0 Å². The summed E-state index contributed by atoms with van der Waals surface area (Å²) in [6.45, 7) is 0. The predicted molar refractivity (Wildman–Crippen MR) is 53.3 cm³/mol. The van der Waals surface area contributed by atoms with E-state index in [0.717, 1.165) is 16.7 Å². The maximum absolute atomic E-state index is 5.32. The first-order valence-corrected chi connectivity index (χ1v) is 4.40. The summed E-state index contributed by atoms with van der Waals surface area (Å²) in [7, 11) is 0. The number of imidazole rings is 1. The third kappa shape index (κ3) is 0.956. The maximum atomic E-state index is 5.32. The van der Waals surface area contributed by atoms with Crippen molar-refractivity contribution in [3.05, 3.63) is 49.2 Å². The van der Waals surface area contributed by atoms with Gasteiger partial charge in [0.15, 0.2) is 0 Å². The molecule has 3 rings (SSSR count). The van der Waals surface area contributed by atoms with E-state index in [0.29, 0.717) is 0 Å². The topological polar surface area (TPSA) is 31.0 Å². The summed E-state index contributed by atoms with van der Waals surface area (Å²) in [6, 6.07) is 7.93. The minimum atomic E-state index is 0.899. The lowest BCUT2D eigenvalue weighted by molar-refractivity contribution is 0.616. The fourth-order valence-corrected chi connectivity index (χ4v) is 1.60. The van der Waals surface area contributed by atoms with Gasteiger partial charge in [0.2, 0.25) is 0 Å². The molecule has 0 bridgehead atoms. The Bertz CT molecular complexity index is 551. The zero-order chi connectivity index (χ0) is 9.38. The number of rotatable bonds is 1. The molecule has 0 aliphatic carbocycles. The molecule has 3 nitrogen and oxygen atoms in total. The summed E-state index contributed by atoms with van der Waals surface area (Å²) < 4.78 is 7.29. The molecule has 0 radical (unpaired) electrons. The number of benzene rings is 1. The highest BCUT2D eigenvalue weighted by Gasteiger charge is 2.03. The van der Waals surface area contributed by atoms with Crippen LogP contribution in [0, 0.1) is 0 Å². The largest absolute Gasteiger partial charge is 0.464 e.